The van der Waals surface area contributed by atoms with Crippen LogP contribution in [0.15, 0.2) is 48.8 Å². The normalized spacial score (nSPS) is 18.1. The molecular weight excluding hydrogens is 357 g/mol. The van der Waals surface area contributed by atoms with Gasteiger partial charge in [0.15, 0.2) is 11.9 Å². The van der Waals surface area contributed by atoms with Crippen LogP contribution < -0.4 is 0 Å². The summed E-state index contributed by atoms with van der Waals surface area (Å²) >= 11 is 0. The molecule has 2 aromatic heterocycles. The molecule has 0 bridgehead atoms. The smallest absolute Gasteiger partial charge is 0.372 e. The van der Waals surface area contributed by atoms with Crippen molar-refractivity contribution in [3.8, 4) is 0 Å². The average molecular weight is 376 g/mol. The Morgan fingerprint density at radius 3 is 2.56 bits per heavy atom. The molecule has 0 amide bonds. The molecule has 8 heteroatoms. The number of halogens is 3. The van der Waals surface area contributed by atoms with Crippen molar-refractivity contribution >= 4 is 5.65 Å². The summed E-state index contributed by atoms with van der Waals surface area (Å²) in [5.41, 5.74) is 0.969. The van der Waals surface area contributed by atoms with E-state index in [0.29, 0.717) is 42.8 Å². The summed E-state index contributed by atoms with van der Waals surface area (Å²) < 4.78 is 41.4. The fraction of sp³-hybridized carbons (Fsp3) is 0.368. The van der Waals surface area contributed by atoms with Gasteiger partial charge in [0.25, 0.3) is 0 Å². The van der Waals surface area contributed by atoms with Crippen molar-refractivity contribution in [2.75, 3.05) is 13.1 Å². The Hall–Kier alpha value is -2.45. The topological polar surface area (TPSA) is 53.7 Å². The number of alkyl halides is 3. The van der Waals surface area contributed by atoms with Crippen LogP contribution in [0.2, 0.25) is 0 Å². The lowest BCUT2D eigenvalue weighted by molar-refractivity contribution is -0.138. The van der Waals surface area contributed by atoms with E-state index < -0.39 is 18.0 Å². The molecule has 1 unspecified atom stereocenters. The first-order valence-electron chi connectivity index (χ1n) is 8.82. The van der Waals surface area contributed by atoms with Crippen molar-refractivity contribution in [3.63, 3.8) is 0 Å². The van der Waals surface area contributed by atoms with Crippen LogP contribution in [0.4, 0.5) is 13.2 Å². The quantitative estimate of drug-likeness (QED) is 0.759. The van der Waals surface area contributed by atoms with Crippen molar-refractivity contribution in [3.05, 3.63) is 65.6 Å². The number of hydrogen-bond acceptors (Lipinski definition) is 4. The summed E-state index contributed by atoms with van der Waals surface area (Å²) in [7, 11) is 0. The average Bonchev–Trinajstić information content (AvgIpc) is 3.15. The molecule has 1 aromatic carbocycles. The van der Waals surface area contributed by atoms with Gasteiger partial charge in [-0.3, -0.25) is 4.90 Å². The van der Waals surface area contributed by atoms with Crippen LogP contribution in [0, 0.1) is 0 Å². The number of nitrogens with zero attached hydrogens (tertiary/aromatic N) is 4. The van der Waals surface area contributed by atoms with Crippen LogP contribution in [0.5, 0.6) is 0 Å². The Labute approximate surface area is 154 Å². The lowest BCUT2D eigenvalue weighted by Gasteiger charge is -2.35. The van der Waals surface area contributed by atoms with E-state index >= 15 is 0 Å². The third-order valence-corrected chi connectivity index (χ3v) is 5.12. The van der Waals surface area contributed by atoms with Crippen molar-refractivity contribution in [1.82, 2.24) is 19.5 Å². The number of hydrogen-bond donors (Lipinski definition) is 1. The largest absolute Gasteiger partial charge is 0.416 e. The second kappa shape index (κ2) is 6.94. The maximum absolute atomic E-state index is 13.3. The van der Waals surface area contributed by atoms with E-state index in [0.717, 1.165) is 6.07 Å². The molecule has 1 saturated heterocycles. The van der Waals surface area contributed by atoms with Crippen LogP contribution in [0.3, 0.4) is 0 Å². The van der Waals surface area contributed by atoms with Crippen LogP contribution in [-0.4, -0.2) is 37.7 Å². The number of fused-ring (bicyclic) bond motifs is 1. The minimum atomic E-state index is -4.35. The van der Waals surface area contributed by atoms with E-state index in [2.05, 4.69) is 10.1 Å². The maximum Gasteiger partial charge on any atom is 0.416 e. The third kappa shape index (κ3) is 3.54. The number of piperidine rings is 1. The van der Waals surface area contributed by atoms with E-state index in [1.54, 1.807) is 41.2 Å². The molecule has 0 radical (unpaired) electrons. The van der Waals surface area contributed by atoms with E-state index in [1.165, 1.54) is 6.07 Å². The van der Waals surface area contributed by atoms with Gasteiger partial charge < -0.3 is 5.11 Å². The van der Waals surface area contributed by atoms with Gasteiger partial charge in [0.2, 0.25) is 0 Å². The molecule has 0 aliphatic carbocycles. The molecule has 142 valence electrons. The molecule has 27 heavy (non-hydrogen) atoms. The summed E-state index contributed by atoms with van der Waals surface area (Å²) in [5, 5.41) is 15.0. The second-order valence-corrected chi connectivity index (χ2v) is 6.76. The van der Waals surface area contributed by atoms with Gasteiger partial charge in [-0.25, -0.2) is 9.50 Å². The number of benzene rings is 1. The monoisotopic (exact) mass is 376 g/mol. The lowest BCUT2D eigenvalue weighted by Crippen LogP contribution is -2.37. The third-order valence-electron chi connectivity index (χ3n) is 5.12. The highest BCUT2D eigenvalue weighted by Gasteiger charge is 2.36. The van der Waals surface area contributed by atoms with Crippen molar-refractivity contribution in [2.24, 2.45) is 0 Å². The molecule has 4 rings (SSSR count). The number of likely N-dealkylation sites (tertiary alicyclic amines) is 1. The van der Waals surface area contributed by atoms with Gasteiger partial charge in [0.1, 0.15) is 5.69 Å². The number of rotatable bonds is 3. The van der Waals surface area contributed by atoms with Gasteiger partial charge in [-0.2, -0.15) is 18.3 Å². The Bertz CT molecular complexity index is 932. The Kier molecular flexibility index (Phi) is 4.61. The first-order valence-corrected chi connectivity index (χ1v) is 8.82. The zero-order valence-corrected chi connectivity index (χ0v) is 14.5. The van der Waals surface area contributed by atoms with Gasteiger partial charge >= 0.3 is 6.18 Å². The standard InChI is InChI=1S/C19H19F3N4O/c20-19(21,22)15-4-2-1-3-14(15)13-7-10-25(11-8-13)18(27)16-5-6-17-23-9-12-26(17)24-16/h1-6,9,12-13,18,27H,7-8,10-11H2. The molecule has 0 saturated carbocycles. The van der Waals surface area contributed by atoms with Gasteiger partial charge in [0.05, 0.1) is 5.56 Å². The van der Waals surface area contributed by atoms with Crippen LogP contribution in [-0.2, 0) is 6.18 Å². The Morgan fingerprint density at radius 2 is 1.81 bits per heavy atom. The van der Waals surface area contributed by atoms with E-state index in [9.17, 15) is 18.3 Å². The molecule has 1 aliphatic rings. The van der Waals surface area contributed by atoms with Gasteiger partial charge in [-0.05, 0) is 42.5 Å². The van der Waals surface area contributed by atoms with Gasteiger partial charge in [0, 0.05) is 25.5 Å². The Morgan fingerprint density at radius 1 is 1.07 bits per heavy atom. The molecule has 1 fully saturated rings. The van der Waals surface area contributed by atoms with Crippen molar-refractivity contribution in [1.29, 1.82) is 0 Å². The zero-order chi connectivity index (χ0) is 19.0. The minimum Gasteiger partial charge on any atom is -0.372 e. The van der Waals surface area contributed by atoms with E-state index in [4.69, 9.17) is 0 Å². The summed E-state index contributed by atoms with van der Waals surface area (Å²) in [6.45, 7) is 1.00. The fourth-order valence-corrected chi connectivity index (χ4v) is 3.72. The SMILES string of the molecule is OC(c1ccc2nccn2n1)N1CCC(c2ccccc2C(F)(F)F)CC1. The molecule has 3 aromatic rings. The molecule has 1 aliphatic heterocycles. The molecule has 3 heterocycles. The highest BCUT2D eigenvalue weighted by Crippen LogP contribution is 2.39. The van der Waals surface area contributed by atoms with Crippen LogP contribution in [0.25, 0.3) is 5.65 Å². The summed E-state index contributed by atoms with van der Waals surface area (Å²) in [6.07, 6.45) is -0.809. The minimum absolute atomic E-state index is 0.171. The molecule has 0 spiro atoms. The fourth-order valence-electron chi connectivity index (χ4n) is 3.72. The van der Waals surface area contributed by atoms with E-state index in [1.807, 2.05) is 4.90 Å². The first kappa shape index (κ1) is 17.9. The molecule has 5 nitrogen and oxygen atoms in total. The number of aliphatic hydroxyl groups excluding tert-OH is 1. The number of aliphatic hydroxyl groups is 1. The predicted molar refractivity (Wildman–Crippen MR) is 92.9 cm³/mol. The summed E-state index contributed by atoms with van der Waals surface area (Å²) in [5.74, 6) is -0.171. The van der Waals surface area contributed by atoms with Crippen molar-refractivity contribution in [2.45, 2.75) is 31.2 Å². The molecular formula is C19H19F3N4O. The van der Waals surface area contributed by atoms with Crippen LogP contribution in [0.1, 0.15) is 41.8 Å². The number of imidazole rings is 1. The second-order valence-electron chi connectivity index (χ2n) is 6.76. The molecule has 1 N–H and O–H groups in total. The first-order chi connectivity index (χ1) is 12.9. The highest BCUT2D eigenvalue weighted by molar-refractivity contribution is 5.36. The summed E-state index contributed by atoms with van der Waals surface area (Å²) in [4.78, 5) is 5.96. The van der Waals surface area contributed by atoms with Crippen molar-refractivity contribution < 1.29 is 18.3 Å². The maximum atomic E-state index is 13.3. The van der Waals surface area contributed by atoms with Gasteiger partial charge in [-0.1, -0.05) is 18.2 Å². The zero-order valence-electron chi connectivity index (χ0n) is 14.5. The Balaban J connectivity index is 1.47. The predicted octanol–water partition coefficient (Wildman–Crippen LogP) is 3.62. The van der Waals surface area contributed by atoms with Gasteiger partial charge in [-0.15, -0.1) is 0 Å². The lowest BCUT2D eigenvalue weighted by atomic mass is 9.86. The highest BCUT2D eigenvalue weighted by atomic mass is 19.4. The summed E-state index contributed by atoms with van der Waals surface area (Å²) in [6, 6.07) is 9.27. The molecule has 1 atom stereocenters. The number of aromatic nitrogens is 3. The van der Waals surface area contributed by atoms with Crippen LogP contribution >= 0.6 is 0 Å². The van der Waals surface area contributed by atoms with E-state index in [-0.39, 0.29) is 5.92 Å².